The molecule has 5 aliphatic rings. The lowest BCUT2D eigenvalue weighted by Gasteiger charge is -2.59. The van der Waals surface area contributed by atoms with Gasteiger partial charge in [-0.25, -0.2) is 0 Å². The van der Waals surface area contributed by atoms with Gasteiger partial charge in [0.15, 0.2) is 0 Å². The van der Waals surface area contributed by atoms with Crippen molar-refractivity contribution in [2.75, 3.05) is 39.5 Å². The Bertz CT molecular complexity index is 816. The number of hydrogen-bond donors (Lipinski definition) is 1. The Hall–Kier alpha value is -1.59. The summed E-state index contributed by atoms with van der Waals surface area (Å²) in [5.74, 6) is 3.23. The van der Waals surface area contributed by atoms with Gasteiger partial charge >= 0.3 is 0 Å². The minimum absolute atomic E-state index is 0.158. The van der Waals surface area contributed by atoms with Gasteiger partial charge < -0.3 is 14.8 Å². The first-order valence-corrected chi connectivity index (χ1v) is 12.7. The molecule has 1 amide bonds. The molecule has 1 aromatic rings. The zero-order valence-electron chi connectivity index (χ0n) is 20.1. The van der Waals surface area contributed by atoms with E-state index < -0.39 is 5.41 Å². The molecule has 1 aromatic carbocycles. The van der Waals surface area contributed by atoms with Gasteiger partial charge in [0, 0.05) is 25.7 Å². The molecule has 4 aliphatic carbocycles. The van der Waals surface area contributed by atoms with Crippen LogP contribution in [-0.4, -0.2) is 56.3 Å². The van der Waals surface area contributed by atoms with Crippen molar-refractivity contribution in [1.29, 1.82) is 0 Å². The minimum atomic E-state index is -0.581. The fraction of sp³-hybridized carbons (Fsp3) is 0.741. The highest BCUT2D eigenvalue weighted by molar-refractivity contribution is 5.87. The molecule has 3 unspecified atom stereocenters. The SMILES string of the molecule is CC12CC3C[C@H](C1)C(NC(=O)C(C)(C)c1cccc(OCCN4CCOCC4)c1)[C@@H](C3)C2. The van der Waals surface area contributed by atoms with Crippen molar-refractivity contribution >= 4 is 5.91 Å². The molecule has 5 fully saturated rings. The number of amides is 1. The average Bonchev–Trinajstić information content (AvgIpc) is 2.76. The maximum atomic E-state index is 13.5. The Morgan fingerprint density at radius 2 is 1.91 bits per heavy atom. The molecule has 5 nitrogen and oxygen atoms in total. The molecule has 0 spiro atoms. The topological polar surface area (TPSA) is 50.8 Å². The van der Waals surface area contributed by atoms with E-state index in [-0.39, 0.29) is 5.91 Å². The molecule has 4 saturated carbocycles. The smallest absolute Gasteiger partial charge is 0.230 e. The Labute approximate surface area is 193 Å². The first-order valence-electron chi connectivity index (χ1n) is 12.7. The van der Waals surface area contributed by atoms with Crippen LogP contribution in [0.4, 0.5) is 0 Å². The van der Waals surface area contributed by atoms with Crippen molar-refractivity contribution in [2.24, 2.45) is 23.2 Å². The van der Waals surface area contributed by atoms with Gasteiger partial charge in [-0.1, -0.05) is 19.1 Å². The van der Waals surface area contributed by atoms with E-state index >= 15 is 0 Å². The summed E-state index contributed by atoms with van der Waals surface area (Å²) < 4.78 is 11.5. The van der Waals surface area contributed by atoms with Gasteiger partial charge in [-0.3, -0.25) is 9.69 Å². The van der Waals surface area contributed by atoms with Crippen LogP contribution in [0, 0.1) is 23.2 Å². The number of carbonyl (C=O) groups excluding carboxylic acids is 1. The van der Waals surface area contributed by atoms with Crippen LogP contribution in [0.25, 0.3) is 0 Å². The van der Waals surface area contributed by atoms with E-state index in [1.165, 1.54) is 32.1 Å². The van der Waals surface area contributed by atoms with Crippen molar-refractivity contribution < 1.29 is 14.3 Å². The van der Waals surface area contributed by atoms with Crippen molar-refractivity contribution in [3.05, 3.63) is 29.8 Å². The Morgan fingerprint density at radius 3 is 2.59 bits per heavy atom. The van der Waals surface area contributed by atoms with Crippen molar-refractivity contribution in [3.8, 4) is 5.75 Å². The van der Waals surface area contributed by atoms with Gasteiger partial charge in [0.05, 0.1) is 18.6 Å². The number of hydrogen-bond acceptors (Lipinski definition) is 4. The van der Waals surface area contributed by atoms with Gasteiger partial charge in [0.2, 0.25) is 5.91 Å². The number of nitrogens with zero attached hydrogens (tertiary/aromatic N) is 1. The Morgan fingerprint density at radius 1 is 1.19 bits per heavy atom. The Balaban J connectivity index is 1.20. The number of rotatable bonds is 7. The molecule has 5 heteroatoms. The van der Waals surface area contributed by atoms with Crippen LogP contribution < -0.4 is 10.1 Å². The maximum absolute atomic E-state index is 13.5. The molecule has 0 aromatic heterocycles. The van der Waals surface area contributed by atoms with Gasteiger partial charge in [0.25, 0.3) is 0 Å². The Kier molecular flexibility index (Phi) is 6.00. The van der Waals surface area contributed by atoms with Crippen molar-refractivity contribution in [1.82, 2.24) is 10.2 Å². The second-order valence-corrected chi connectivity index (χ2v) is 11.7. The average molecular weight is 441 g/mol. The van der Waals surface area contributed by atoms with Gasteiger partial charge in [0.1, 0.15) is 12.4 Å². The lowest BCUT2D eigenvalue weighted by molar-refractivity contribution is -0.131. The largest absolute Gasteiger partial charge is 0.492 e. The molecule has 6 rings (SSSR count). The molecule has 1 heterocycles. The highest BCUT2D eigenvalue weighted by Gasteiger charge is 2.54. The molecule has 1 aliphatic heterocycles. The fourth-order valence-electron chi connectivity index (χ4n) is 7.22. The van der Waals surface area contributed by atoms with E-state index in [4.69, 9.17) is 9.47 Å². The van der Waals surface area contributed by atoms with Crippen LogP contribution in [-0.2, 0) is 14.9 Å². The van der Waals surface area contributed by atoms with Gasteiger partial charge in [-0.15, -0.1) is 0 Å². The minimum Gasteiger partial charge on any atom is -0.492 e. The molecule has 32 heavy (non-hydrogen) atoms. The zero-order chi connectivity index (χ0) is 22.3. The van der Waals surface area contributed by atoms with Crippen LogP contribution in [0.5, 0.6) is 5.75 Å². The van der Waals surface area contributed by atoms with Crippen LogP contribution in [0.3, 0.4) is 0 Å². The summed E-state index contributed by atoms with van der Waals surface area (Å²) in [5, 5.41) is 3.53. The number of morpholine rings is 1. The standard InChI is InChI=1S/C27H40N2O3/c1-26(2,22-5-4-6-23(15-22)32-12-9-29-7-10-31-11-8-29)25(30)28-24-20-13-19-14-21(24)18-27(3,16-19)17-20/h4-6,15,19-21,24H,7-14,16-18H2,1-3H3,(H,28,30)/t19?,20-,21+,24?,27?. The molecular weight excluding hydrogens is 400 g/mol. The zero-order valence-corrected chi connectivity index (χ0v) is 20.1. The highest BCUT2D eigenvalue weighted by Crippen LogP contribution is 2.59. The first kappa shape index (κ1) is 22.2. The van der Waals surface area contributed by atoms with Gasteiger partial charge in [-0.2, -0.15) is 0 Å². The molecule has 0 radical (unpaired) electrons. The normalized spacial score (nSPS) is 34.5. The van der Waals surface area contributed by atoms with E-state index in [0.717, 1.165) is 50.1 Å². The molecule has 1 N–H and O–H groups in total. The highest BCUT2D eigenvalue weighted by atomic mass is 16.5. The molecule has 1 saturated heterocycles. The van der Waals surface area contributed by atoms with Crippen LogP contribution in [0.15, 0.2) is 24.3 Å². The third-order valence-electron chi connectivity index (χ3n) is 8.78. The summed E-state index contributed by atoms with van der Waals surface area (Å²) in [6, 6.07) is 8.48. The molecule has 5 atom stereocenters. The van der Waals surface area contributed by atoms with Crippen LogP contribution in [0.1, 0.15) is 58.4 Å². The molecule has 176 valence electrons. The lowest BCUT2D eigenvalue weighted by Crippen LogP contribution is -2.60. The van der Waals surface area contributed by atoms with E-state index in [0.29, 0.717) is 29.9 Å². The summed E-state index contributed by atoms with van der Waals surface area (Å²) in [6.07, 6.45) is 6.61. The van der Waals surface area contributed by atoms with Crippen molar-refractivity contribution in [3.63, 3.8) is 0 Å². The quantitative estimate of drug-likeness (QED) is 0.696. The predicted octanol–water partition coefficient (Wildman–Crippen LogP) is 4.01. The summed E-state index contributed by atoms with van der Waals surface area (Å²) in [6.45, 7) is 11.7. The number of nitrogens with one attached hydrogen (secondary N) is 1. The van der Waals surface area contributed by atoms with E-state index in [2.05, 4.69) is 29.3 Å². The fourth-order valence-corrected chi connectivity index (χ4v) is 7.22. The number of ether oxygens (including phenoxy) is 2. The van der Waals surface area contributed by atoms with E-state index in [1.807, 2.05) is 26.0 Å². The number of benzene rings is 1. The predicted molar refractivity (Wildman–Crippen MR) is 126 cm³/mol. The third kappa shape index (κ3) is 4.43. The van der Waals surface area contributed by atoms with Crippen LogP contribution in [0.2, 0.25) is 0 Å². The molecule has 4 bridgehead atoms. The monoisotopic (exact) mass is 440 g/mol. The first-order chi connectivity index (χ1) is 15.3. The summed E-state index contributed by atoms with van der Waals surface area (Å²) in [4.78, 5) is 15.9. The maximum Gasteiger partial charge on any atom is 0.230 e. The number of carbonyl (C=O) groups is 1. The third-order valence-corrected chi connectivity index (χ3v) is 8.78. The van der Waals surface area contributed by atoms with Gasteiger partial charge in [-0.05, 0) is 86.8 Å². The van der Waals surface area contributed by atoms with Crippen LogP contribution >= 0.6 is 0 Å². The summed E-state index contributed by atoms with van der Waals surface area (Å²) in [7, 11) is 0. The van der Waals surface area contributed by atoms with E-state index in [9.17, 15) is 4.79 Å². The lowest BCUT2D eigenvalue weighted by atomic mass is 9.48. The van der Waals surface area contributed by atoms with Crippen molar-refractivity contribution in [2.45, 2.75) is 64.3 Å². The second-order valence-electron chi connectivity index (χ2n) is 11.7. The summed E-state index contributed by atoms with van der Waals surface area (Å²) >= 11 is 0. The van der Waals surface area contributed by atoms with E-state index in [1.54, 1.807) is 0 Å². The molecular formula is C27H40N2O3. The summed E-state index contributed by atoms with van der Waals surface area (Å²) in [5.41, 5.74) is 0.970. The second kappa shape index (κ2) is 8.64.